The van der Waals surface area contributed by atoms with E-state index in [1.54, 1.807) is 6.92 Å². The van der Waals surface area contributed by atoms with Gasteiger partial charge in [-0.2, -0.15) is 13.2 Å². The highest BCUT2D eigenvalue weighted by atomic mass is 35.5. The Balaban J connectivity index is 2.50. The molecule has 0 aliphatic carbocycles. The molecule has 2 rings (SSSR count). The van der Waals surface area contributed by atoms with E-state index in [0.717, 1.165) is 0 Å². The van der Waals surface area contributed by atoms with Crippen molar-refractivity contribution in [3.05, 3.63) is 29.1 Å². The molecule has 0 aromatic carbocycles. The van der Waals surface area contributed by atoms with Gasteiger partial charge in [0.15, 0.2) is 5.58 Å². The number of fused-ring (bicyclic) bond motifs is 1. The number of aromatic nitrogens is 1. The zero-order valence-corrected chi connectivity index (χ0v) is 10.1. The summed E-state index contributed by atoms with van der Waals surface area (Å²) in [5, 5.41) is 2.46. The zero-order valence-electron chi connectivity index (χ0n) is 9.38. The molecule has 18 heavy (non-hydrogen) atoms. The van der Waals surface area contributed by atoms with Crippen molar-refractivity contribution in [2.45, 2.75) is 19.1 Å². The third-order valence-corrected chi connectivity index (χ3v) is 2.70. The Labute approximate surface area is 106 Å². The number of nitrogens with zero attached hydrogens (tertiary/aromatic N) is 1. The highest BCUT2D eigenvalue weighted by Crippen LogP contribution is 2.34. The van der Waals surface area contributed by atoms with Gasteiger partial charge < -0.3 is 9.73 Å². The van der Waals surface area contributed by atoms with Crippen LogP contribution in [0.25, 0.3) is 11.1 Å². The quantitative estimate of drug-likeness (QED) is 0.930. The van der Waals surface area contributed by atoms with Crippen LogP contribution in [0.15, 0.2) is 22.8 Å². The lowest BCUT2D eigenvalue weighted by atomic mass is 10.1. The molecule has 98 valence electrons. The molecule has 2 heterocycles. The fraction of sp³-hybridized carbons (Fsp3) is 0.364. The lowest BCUT2D eigenvalue weighted by Gasteiger charge is -2.20. The number of nitrogens with one attached hydrogen (secondary N) is 1. The second-order valence-electron chi connectivity index (χ2n) is 3.70. The molecule has 0 radical (unpaired) electrons. The summed E-state index contributed by atoms with van der Waals surface area (Å²) in [7, 11) is 0. The van der Waals surface area contributed by atoms with Crippen molar-refractivity contribution in [1.82, 2.24) is 10.3 Å². The average Bonchev–Trinajstić information content (AvgIpc) is 2.72. The zero-order chi connectivity index (χ0) is 13.3. The van der Waals surface area contributed by atoms with E-state index in [2.05, 4.69) is 10.3 Å². The van der Waals surface area contributed by atoms with Gasteiger partial charge in [-0.1, -0.05) is 18.5 Å². The molecule has 1 N–H and O–H groups in total. The van der Waals surface area contributed by atoms with Gasteiger partial charge in [0.2, 0.25) is 0 Å². The second-order valence-corrected chi connectivity index (χ2v) is 4.10. The lowest BCUT2D eigenvalue weighted by molar-refractivity contribution is -0.158. The number of furan rings is 1. The Morgan fingerprint density at radius 1 is 1.50 bits per heavy atom. The molecule has 2 aromatic heterocycles. The van der Waals surface area contributed by atoms with E-state index in [-0.39, 0.29) is 22.8 Å². The Bertz CT molecular complexity index is 553. The third kappa shape index (κ3) is 2.44. The maximum absolute atomic E-state index is 12.9. The van der Waals surface area contributed by atoms with Crippen LogP contribution in [0.1, 0.15) is 18.7 Å². The predicted molar refractivity (Wildman–Crippen MR) is 61.5 cm³/mol. The van der Waals surface area contributed by atoms with Crippen LogP contribution in [-0.2, 0) is 0 Å². The topological polar surface area (TPSA) is 38.1 Å². The molecule has 2 aromatic rings. The van der Waals surface area contributed by atoms with Crippen molar-refractivity contribution < 1.29 is 17.6 Å². The lowest BCUT2D eigenvalue weighted by Crippen LogP contribution is -2.34. The molecular weight excluding hydrogens is 269 g/mol. The highest BCUT2D eigenvalue weighted by molar-refractivity contribution is 6.34. The molecule has 0 bridgehead atoms. The molecule has 0 aliphatic rings. The summed E-state index contributed by atoms with van der Waals surface area (Å²) in [5.41, 5.74) is 0.436. The first kappa shape index (κ1) is 13.2. The van der Waals surface area contributed by atoms with Crippen molar-refractivity contribution in [2.24, 2.45) is 0 Å². The summed E-state index contributed by atoms with van der Waals surface area (Å²) >= 11 is 5.87. The standard InChI is InChI=1S/C11H10ClF3N2O/c1-2-16-10(11(13,14)15)8-5-6(12)9-7(17-8)3-4-18-9/h3-5,10,16H,2H2,1H3. The SMILES string of the molecule is CCNC(c1cc(Cl)c2occc2n1)C(F)(F)F. The molecule has 3 nitrogen and oxygen atoms in total. The third-order valence-electron chi connectivity index (χ3n) is 2.42. The van der Waals surface area contributed by atoms with Gasteiger partial charge in [0.1, 0.15) is 11.6 Å². The summed E-state index contributed by atoms with van der Waals surface area (Å²) in [6.07, 6.45) is -3.09. The fourth-order valence-corrected chi connectivity index (χ4v) is 1.93. The van der Waals surface area contributed by atoms with Crippen LogP contribution >= 0.6 is 11.6 Å². The normalized spacial score (nSPS) is 14.1. The number of hydrogen-bond acceptors (Lipinski definition) is 3. The summed E-state index contributed by atoms with van der Waals surface area (Å²) in [5.74, 6) is 0. The van der Waals surface area contributed by atoms with Gasteiger partial charge in [-0.05, 0) is 12.6 Å². The Kier molecular flexibility index (Phi) is 3.49. The monoisotopic (exact) mass is 278 g/mol. The van der Waals surface area contributed by atoms with Gasteiger partial charge in [0.05, 0.1) is 17.0 Å². The minimum Gasteiger partial charge on any atom is -0.461 e. The van der Waals surface area contributed by atoms with Crippen molar-refractivity contribution in [3.63, 3.8) is 0 Å². The number of halogens is 4. The van der Waals surface area contributed by atoms with Gasteiger partial charge >= 0.3 is 6.18 Å². The molecule has 0 spiro atoms. The minimum atomic E-state index is -4.43. The Hall–Kier alpha value is -1.27. The first-order valence-corrected chi connectivity index (χ1v) is 5.65. The maximum Gasteiger partial charge on any atom is 0.409 e. The summed E-state index contributed by atoms with van der Waals surface area (Å²) in [6.45, 7) is 1.77. The van der Waals surface area contributed by atoms with Crippen molar-refractivity contribution >= 4 is 22.7 Å². The number of hydrogen-bond donors (Lipinski definition) is 1. The number of alkyl halides is 3. The van der Waals surface area contributed by atoms with Crippen molar-refractivity contribution in [3.8, 4) is 0 Å². The molecule has 1 atom stereocenters. The summed E-state index contributed by atoms with van der Waals surface area (Å²) in [6, 6.07) is 0.817. The minimum absolute atomic E-state index is 0.118. The van der Waals surface area contributed by atoms with Crippen molar-refractivity contribution in [1.29, 1.82) is 0 Å². The van der Waals surface area contributed by atoms with Crippen LogP contribution in [-0.4, -0.2) is 17.7 Å². The molecule has 7 heteroatoms. The van der Waals surface area contributed by atoms with Crippen LogP contribution in [0.5, 0.6) is 0 Å². The molecular formula is C11H10ClF3N2O. The summed E-state index contributed by atoms with van der Waals surface area (Å²) in [4.78, 5) is 3.92. The van der Waals surface area contributed by atoms with E-state index in [1.807, 2.05) is 0 Å². The molecule has 0 saturated heterocycles. The Morgan fingerprint density at radius 3 is 2.83 bits per heavy atom. The number of rotatable bonds is 3. The van der Waals surface area contributed by atoms with Crippen LogP contribution in [0.2, 0.25) is 5.02 Å². The maximum atomic E-state index is 12.9. The summed E-state index contributed by atoms with van der Waals surface area (Å²) < 4.78 is 43.7. The molecule has 1 unspecified atom stereocenters. The van der Waals surface area contributed by atoms with E-state index in [1.165, 1.54) is 18.4 Å². The van der Waals surface area contributed by atoms with Gasteiger partial charge in [-0.25, -0.2) is 4.98 Å². The van der Waals surface area contributed by atoms with Crippen LogP contribution in [0.3, 0.4) is 0 Å². The number of pyridine rings is 1. The predicted octanol–water partition coefficient (Wildman–Crippen LogP) is 3.69. The van der Waals surface area contributed by atoms with Crippen LogP contribution < -0.4 is 5.32 Å². The second kappa shape index (κ2) is 4.78. The molecule has 0 fully saturated rings. The van der Waals surface area contributed by atoms with Crippen molar-refractivity contribution in [2.75, 3.05) is 6.54 Å². The van der Waals surface area contributed by atoms with Gasteiger partial charge in [0.25, 0.3) is 0 Å². The smallest absolute Gasteiger partial charge is 0.409 e. The average molecular weight is 279 g/mol. The van der Waals surface area contributed by atoms with E-state index in [4.69, 9.17) is 16.0 Å². The van der Waals surface area contributed by atoms with E-state index in [0.29, 0.717) is 5.52 Å². The fourth-order valence-electron chi connectivity index (χ4n) is 1.68. The highest BCUT2D eigenvalue weighted by Gasteiger charge is 2.41. The van der Waals surface area contributed by atoms with E-state index < -0.39 is 12.2 Å². The molecule has 0 saturated carbocycles. The van der Waals surface area contributed by atoms with Gasteiger partial charge in [-0.15, -0.1) is 0 Å². The van der Waals surface area contributed by atoms with Gasteiger partial charge in [0, 0.05) is 6.07 Å². The Morgan fingerprint density at radius 2 is 2.22 bits per heavy atom. The van der Waals surface area contributed by atoms with Gasteiger partial charge in [-0.3, -0.25) is 0 Å². The van der Waals surface area contributed by atoms with E-state index in [9.17, 15) is 13.2 Å². The van der Waals surface area contributed by atoms with E-state index >= 15 is 0 Å². The molecule has 0 aliphatic heterocycles. The largest absolute Gasteiger partial charge is 0.461 e. The van der Waals surface area contributed by atoms with Crippen LogP contribution in [0, 0.1) is 0 Å². The molecule has 0 amide bonds. The first-order valence-electron chi connectivity index (χ1n) is 5.27. The first-order chi connectivity index (χ1) is 8.43. The van der Waals surface area contributed by atoms with Crippen LogP contribution in [0.4, 0.5) is 13.2 Å².